The van der Waals surface area contributed by atoms with Crippen molar-refractivity contribution < 1.29 is 19.4 Å². The van der Waals surface area contributed by atoms with Gasteiger partial charge in [0.15, 0.2) is 10.1 Å². The van der Waals surface area contributed by atoms with Gasteiger partial charge in [0.05, 0.1) is 33.8 Å². The number of hydrogen-bond acceptors (Lipinski definition) is 10. The standard InChI is InChI=1S/C27H24N4O4S3/c1-4-35-19-12-8-11-18(13-19)21-20(22(32)24-15(2)28-16(3)37-24)23(33)25(34)31(21)26-29-30-27(38-26)36-14-17-9-6-5-7-10-17/h5-13,21,33H,4,14H2,1-3H3. The van der Waals surface area contributed by atoms with Crippen LogP contribution in [0.15, 0.2) is 70.3 Å². The summed E-state index contributed by atoms with van der Waals surface area (Å²) in [6, 6.07) is 16.2. The average Bonchev–Trinajstić information content (AvgIpc) is 3.59. The molecule has 0 bridgehead atoms. The van der Waals surface area contributed by atoms with E-state index in [1.54, 1.807) is 31.2 Å². The Kier molecular flexibility index (Phi) is 7.59. The minimum absolute atomic E-state index is 0.0101. The molecule has 0 saturated heterocycles. The van der Waals surface area contributed by atoms with Crippen molar-refractivity contribution in [3.8, 4) is 5.75 Å². The van der Waals surface area contributed by atoms with Crippen LogP contribution in [0.5, 0.6) is 5.75 Å². The second-order valence-electron chi connectivity index (χ2n) is 8.45. The number of Topliss-reactive ketones (excluding diaryl/α,β-unsaturated/α-hetero) is 1. The number of ether oxygens (including phenoxy) is 1. The van der Waals surface area contributed by atoms with Crippen LogP contribution in [0.1, 0.15) is 44.5 Å². The molecule has 8 nitrogen and oxygen atoms in total. The van der Waals surface area contributed by atoms with Gasteiger partial charge in [0, 0.05) is 5.75 Å². The number of amides is 1. The lowest BCUT2D eigenvalue weighted by Gasteiger charge is -2.24. The third-order valence-corrected chi connectivity index (χ3v) is 9.05. The lowest BCUT2D eigenvalue weighted by Crippen LogP contribution is -2.31. The number of benzene rings is 2. The fourth-order valence-corrected chi connectivity index (χ4v) is 6.93. The molecule has 11 heteroatoms. The number of carbonyl (C=O) groups is 2. The zero-order valence-corrected chi connectivity index (χ0v) is 23.3. The molecule has 0 spiro atoms. The summed E-state index contributed by atoms with van der Waals surface area (Å²) in [5.41, 5.74) is 2.30. The van der Waals surface area contributed by atoms with Gasteiger partial charge in [-0.15, -0.1) is 21.5 Å². The van der Waals surface area contributed by atoms with Gasteiger partial charge in [-0.2, -0.15) is 0 Å². The van der Waals surface area contributed by atoms with E-state index in [0.717, 1.165) is 10.6 Å². The van der Waals surface area contributed by atoms with E-state index < -0.39 is 23.5 Å². The lowest BCUT2D eigenvalue weighted by atomic mass is 9.95. The van der Waals surface area contributed by atoms with Gasteiger partial charge < -0.3 is 9.84 Å². The van der Waals surface area contributed by atoms with Crippen LogP contribution < -0.4 is 9.64 Å². The van der Waals surface area contributed by atoms with E-state index in [1.165, 1.54) is 39.3 Å². The van der Waals surface area contributed by atoms with E-state index in [4.69, 9.17) is 4.74 Å². The van der Waals surface area contributed by atoms with Crippen LogP contribution in [-0.2, 0) is 10.5 Å². The van der Waals surface area contributed by atoms with E-state index in [0.29, 0.717) is 43.7 Å². The molecule has 2 aromatic carbocycles. The number of thioether (sulfide) groups is 1. The van der Waals surface area contributed by atoms with E-state index in [1.807, 2.05) is 44.2 Å². The first-order valence-electron chi connectivity index (χ1n) is 11.9. The number of rotatable bonds is 9. The SMILES string of the molecule is CCOc1cccc(C2C(C(=O)c3sc(C)nc3C)=C(O)C(=O)N2c2nnc(SCc3ccccc3)s2)c1. The molecule has 194 valence electrons. The predicted octanol–water partition coefficient (Wildman–Crippen LogP) is 6.09. The first-order valence-corrected chi connectivity index (χ1v) is 14.5. The molecule has 0 fully saturated rings. The number of aliphatic hydroxyl groups excluding tert-OH is 1. The minimum Gasteiger partial charge on any atom is -0.503 e. The molecule has 1 atom stereocenters. The van der Waals surface area contributed by atoms with E-state index in [2.05, 4.69) is 15.2 Å². The highest BCUT2D eigenvalue weighted by Crippen LogP contribution is 2.45. The summed E-state index contributed by atoms with van der Waals surface area (Å²) < 4.78 is 6.35. The molecule has 1 unspecified atom stereocenters. The van der Waals surface area contributed by atoms with Gasteiger partial charge >= 0.3 is 0 Å². The highest BCUT2D eigenvalue weighted by molar-refractivity contribution is 8.00. The predicted molar refractivity (Wildman–Crippen MR) is 149 cm³/mol. The maximum atomic E-state index is 13.8. The highest BCUT2D eigenvalue weighted by Gasteiger charge is 2.46. The fraction of sp³-hybridized carbons (Fsp3) is 0.222. The zero-order chi connectivity index (χ0) is 26.8. The molecular weight excluding hydrogens is 541 g/mol. The normalized spacial score (nSPS) is 15.4. The number of carbonyl (C=O) groups excluding carboxylic acids is 2. The molecule has 4 aromatic rings. The Labute approximate surface area is 232 Å². The first-order chi connectivity index (χ1) is 18.4. The van der Waals surface area contributed by atoms with Crippen molar-refractivity contribution in [2.75, 3.05) is 11.5 Å². The van der Waals surface area contributed by atoms with Gasteiger partial charge in [0.2, 0.25) is 10.9 Å². The maximum Gasteiger partial charge on any atom is 0.296 e. The van der Waals surface area contributed by atoms with E-state index in [-0.39, 0.29) is 5.57 Å². The molecule has 0 radical (unpaired) electrons. The minimum atomic E-state index is -0.905. The van der Waals surface area contributed by atoms with Gasteiger partial charge in [-0.1, -0.05) is 65.6 Å². The van der Waals surface area contributed by atoms with Crippen LogP contribution >= 0.6 is 34.4 Å². The van der Waals surface area contributed by atoms with Crippen molar-refractivity contribution in [2.45, 2.75) is 36.9 Å². The van der Waals surface area contributed by atoms with Crippen molar-refractivity contribution in [1.29, 1.82) is 0 Å². The molecule has 38 heavy (non-hydrogen) atoms. The Morgan fingerprint density at radius 3 is 2.61 bits per heavy atom. The van der Waals surface area contributed by atoms with Crippen molar-refractivity contribution in [3.63, 3.8) is 0 Å². The molecule has 1 N–H and O–H groups in total. The summed E-state index contributed by atoms with van der Waals surface area (Å²) in [6.45, 7) is 5.90. The molecule has 5 rings (SSSR count). The number of thiazole rings is 1. The van der Waals surface area contributed by atoms with Gasteiger partial charge in [-0.25, -0.2) is 4.98 Å². The summed E-state index contributed by atoms with van der Waals surface area (Å²) in [5.74, 6) is -0.440. The van der Waals surface area contributed by atoms with E-state index >= 15 is 0 Å². The Balaban J connectivity index is 1.54. The molecule has 1 amide bonds. The molecular formula is C27H24N4O4S3. The van der Waals surface area contributed by atoms with Crippen LogP contribution in [0.4, 0.5) is 5.13 Å². The number of aryl methyl sites for hydroxylation is 2. The number of nitrogens with zero attached hydrogens (tertiary/aromatic N) is 4. The van der Waals surface area contributed by atoms with Crippen molar-refractivity contribution in [1.82, 2.24) is 15.2 Å². The van der Waals surface area contributed by atoms with Gasteiger partial charge in [0.25, 0.3) is 5.91 Å². The van der Waals surface area contributed by atoms with Crippen LogP contribution in [-0.4, -0.2) is 38.6 Å². The lowest BCUT2D eigenvalue weighted by molar-refractivity contribution is -0.117. The largest absolute Gasteiger partial charge is 0.503 e. The van der Waals surface area contributed by atoms with Crippen LogP contribution in [0.2, 0.25) is 0 Å². The Hall–Kier alpha value is -3.54. The molecule has 2 aromatic heterocycles. The average molecular weight is 565 g/mol. The maximum absolute atomic E-state index is 13.8. The second kappa shape index (κ2) is 11.1. The van der Waals surface area contributed by atoms with Crippen LogP contribution in [0.3, 0.4) is 0 Å². The monoisotopic (exact) mass is 564 g/mol. The number of aromatic nitrogens is 3. The van der Waals surface area contributed by atoms with Crippen molar-refractivity contribution >= 4 is 51.3 Å². The molecule has 0 aliphatic carbocycles. The summed E-state index contributed by atoms with van der Waals surface area (Å²) in [6.07, 6.45) is 0. The topological polar surface area (TPSA) is 106 Å². The third-order valence-electron chi connectivity index (χ3n) is 5.85. The Morgan fingerprint density at radius 2 is 1.89 bits per heavy atom. The van der Waals surface area contributed by atoms with Crippen LogP contribution in [0, 0.1) is 13.8 Å². The first kappa shape index (κ1) is 26.1. The second-order valence-corrected chi connectivity index (χ2v) is 11.8. The zero-order valence-electron chi connectivity index (χ0n) is 20.9. The number of anilines is 1. The van der Waals surface area contributed by atoms with Gasteiger partial charge in [0.1, 0.15) is 5.75 Å². The third kappa shape index (κ3) is 5.09. The summed E-state index contributed by atoms with van der Waals surface area (Å²) in [7, 11) is 0. The summed E-state index contributed by atoms with van der Waals surface area (Å²) in [5, 5.41) is 20.6. The fourth-order valence-electron chi connectivity index (χ4n) is 4.23. The number of hydrogen-bond donors (Lipinski definition) is 1. The summed E-state index contributed by atoms with van der Waals surface area (Å²) in [4.78, 5) is 33.4. The molecule has 1 aliphatic heterocycles. The highest BCUT2D eigenvalue weighted by atomic mass is 32.2. The number of aliphatic hydroxyl groups is 1. The summed E-state index contributed by atoms with van der Waals surface area (Å²) >= 11 is 3.99. The van der Waals surface area contributed by atoms with Gasteiger partial charge in [-0.05, 0) is 44.0 Å². The number of ketones is 1. The molecule has 3 heterocycles. The molecule has 1 aliphatic rings. The van der Waals surface area contributed by atoms with Crippen LogP contribution in [0.25, 0.3) is 0 Å². The molecule has 0 saturated carbocycles. The smallest absolute Gasteiger partial charge is 0.296 e. The quantitative estimate of drug-likeness (QED) is 0.148. The Morgan fingerprint density at radius 1 is 1.11 bits per heavy atom. The van der Waals surface area contributed by atoms with Crippen molar-refractivity contribution in [3.05, 3.63) is 92.6 Å². The van der Waals surface area contributed by atoms with E-state index in [9.17, 15) is 14.7 Å². The van der Waals surface area contributed by atoms with Crippen molar-refractivity contribution in [2.24, 2.45) is 0 Å². The Bertz CT molecular complexity index is 1530. The van der Waals surface area contributed by atoms with Gasteiger partial charge in [-0.3, -0.25) is 14.5 Å².